The van der Waals surface area contributed by atoms with E-state index in [0.29, 0.717) is 50.0 Å². The first-order chi connectivity index (χ1) is 22.6. The van der Waals surface area contributed by atoms with Gasteiger partial charge in [-0.3, -0.25) is 4.79 Å². The van der Waals surface area contributed by atoms with Crippen LogP contribution in [0.4, 0.5) is 13.6 Å². The van der Waals surface area contributed by atoms with Gasteiger partial charge < -0.3 is 25.8 Å². The molecule has 1 saturated heterocycles. The third-order valence-corrected chi connectivity index (χ3v) is 11.0. The van der Waals surface area contributed by atoms with E-state index in [9.17, 15) is 31.9 Å². The fourth-order valence-electron chi connectivity index (χ4n) is 6.71. The van der Waals surface area contributed by atoms with Gasteiger partial charge in [0, 0.05) is 37.6 Å². The molecule has 1 heterocycles. The molecule has 0 aromatic heterocycles. The van der Waals surface area contributed by atoms with Crippen LogP contribution in [-0.2, 0) is 19.6 Å². The van der Waals surface area contributed by atoms with Crippen molar-refractivity contribution in [2.75, 3.05) is 26.7 Å². The molecule has 4 unspecified atom stereocenters. The summed E-state index contributed by atoms with van der Waals surface area (Å²) in [6.07, 6.45) is 0.158. The zero-order valence-corrected chi connectivity index (χ0v) is 26.8. The number of carbonyl (C=O) groups excluding carboxylic acids is 2. The molecule has 1 aliphatic carbocycles. The van der Waals surface area contributed by atoms with Gasteiger partial charge in [-0.2, -0.15) is 4.31 Å². The molecule has 2 fully saturated rings. The zero-order valence-electron chi connectivity index (χ0n) is 26.0. The molecule has 47 heavy (non-hydrogen) atoms. The zero-order chi connectivity index (χ0) is 33.6. The van der Waals surface area contributed by atoms with Gasteiger partial charge in [-0.05, 0) is 79.1 Å². The Balaban J connectivity index is 1.36. The summed E-state index contributed by atoms with van der Waals surface area (Å²) in [7, 11) is -2.55. The first kappa shape index (κ1) is 34.4. The molecule has 2 amide bonds. The minimum absolute atomic E-state index is 0.175. The Kier molecular flexibility index (Phi) is 11.2. The Labute approximate surface area is 273 Å². The van der Waals surface area contributed by atoms with Crippen LogP contribution in [0.3, 0.4) is 0 Å². The van der Waals surface area contributed by atoms with Crippen molar-refractivity contribution in [1.29, 1.82) is 0 Å². The van der Waals surface area contributed by atoms with Crippen LogP contribution in [-0.4, -0.2) is 80.8 Å². The number of ether oxygens (including phenoxy) is 1. The van der Waals surface area contributed by atoms with Gasteiger partial charge in [-0.15, -0.1) is 0 Å². The van der Waals surface area contributed by atoms with Crippen LogP contribution in [0.1, 0.15) is 42.7 Å². The van der Waals surface area contributed by atoms with Crippen molar-refractivity contribution in [2.45, 2.75) is 60.7 Å². The highest BCUT2D eigenvalue weighted by Crippen LogP contribution is 2.34. The van der Waals surface area contributed by atoms with Crippen LogP contribution in [0.15, 0.2) is 83.8 Å². The van der Waals surface area contributed by atoms with E-state index in [0.717, 1.165) is 0 Å². The van der Waals surface area contributed by atoms with Gasteiger partial charge in [0.1, 0.15) is 17.7 Å². The number of piperazine rings is 1. The summed E-state index contributed by atoms with van der Waals surface area (Å²) in [5.74, 6) is -2.55. The standard InChI is InChI=1S/C34H40F2N4O6S/c1-46-34(43)39-32(31(22-7-12-25(35)13-8-22)23-9-14-26(36)15-10-23)33(42)38-30-20-28(41)19-24(30)11-16-27-21-37-17-18-40(27)47(44,45)29-5-3-2-4-6-29/h2-10,12-15,24,27-28,30-32,37,41H,11,16-21H2,1H3,(H,38,42)(H,39,43)/t24?,27-,28?,30?,32?/m0/s1. The molecule has 1 saturated carbocycles. The topological polar surface area (TPSA) is 137 Å². The van der Waals surface area contributed by atoms with Crippen molar-refractivity contribution >= 4 is 22.0 Å². The molecule has 10 nitrogen and oxygen atoms in total. The molecule has 0 bridgehead atoms. The maximum Gasteiger partial charge on any atom is 0.407 e. The lowest BCUT2D eigenvalue weighted by Gasteiger charge is -2.36. The van der Waals surface area contributed by atoms with E-state index in [4.69, 9.17) is 4.74 Å². The van der Waals surface area contributed by atoms with Crippen molar-refractivity contribution < 1.29 is 36.6 Å². The summed E-state index contributed by atoms with van der Waals surface area (Å²) in [4.78, 5) is 26.8. The molecule has 5 atom stereocenters. The van der Waals surface area contributed by atoms with Crippen molar-refractivity contribution in [2.24, 2.45) is 5.92 Å². The third-order valence-electron chi connectivity index (χ3n) is 9.05. The molecule has 3 aromatic carbocycles. The summed E-state index contributed by atoms with van der Waals surface area (Å²) in [6, 6.07) is 17.2. The number of nitrogens with one attached hydrogen (secondary N) is 3. The van der Waals surface area contributed by atoms with Gasteiger partial charge in [0.15, 0.2) is 0 Å². The predicted molar refractivity (Wildman–Crippen MR) is 171 cm³/mol. The van der Waals surface area contributed by atoms with Gasteiger partial charge in [0.25, 0.3) is 0 Å². The largest absolute Gasteiger partial charge is 0.453 e. The highest BCUT2D eigenvalue weighted by atomic mass is 32.2. The number of rotatable bonds is 11. The van der Waals surface area contributed by atoms with E-state index in [-0.39, 0.29) is 23.3 Å². The quantitative estimate of drug-likeness (QED) is 0.245. The van der Waals surface area contributed by atoms with Crippen molar-refractivity contribution in [3.05, 3.63) is 102 Å². The highest BCUT2D eigenvalue weighted by molar-refractivity contribution is 7.89. The van der Waals surface area contributed by atoms with E-state index >= 15 is 0 Å². The molecular formula is C34H40F2N4O6S. The minimum atomic E-state index is -3.72. The number of hydrogen-bond acceptors (Lipinski definition) is 7. The number of aliphatic hydroxyl groups excluding tert-OH is 1. The lowest BCUT2D eigenvalue weighted by atomic mass is 9.84. The molecule has 2 aliphatic rings. The number of aliphatic hydroxyl groups is 1. The van der Waals surface area contributed by atoms with E-state index in [1.54, 1.807) is 30.3 Å². The molecule has 4 N–H and O–H groups in total. The van der Waals surface area contributed by atoms with Gasteiger partial charge in [-0.25, -0.2) is 22.0 Å². The molecule has 252 valence electrons. The Morgan fingerprint density at radius 1 is 0.957 bits per heavy atom. The number of methoxy groups -OCH3 is 1. The van der Waals surface area contributed by atoms with Crippen LogP contribution in [0.5, 0.6) is 0 Å². The predicted octanol–water partition coefficient (Wildman–Crippen LogP) is 3.52. The van der Waals surface area contributed by atoms with Crippen LogP contribution >= 0.6 is 0 Å². The Morgan fingerprint density at radius 3 is 2.17 bits per heavy atom. The maximum atomic E-state index is 14.1. The number of alkyl carbamates (subject to hydrolysis) is 1. The number of nitrogens with zero attached hydrogens (tertiary/aromatic N) is 1. The molecule has 1 aliphatic heterocycles. The normalized spacial score (nSPS) is 22.5. The van der Waals surface area contributed by atoms with E-state index in [1.165, 1.54) is 59.9 Å². The number of amides is 2. The van der Waals surface area contributed by atoms with Gasteiger partial charge >= 0.3 is 6.09 Å². The number of halogens is 2. The van der Waals surface area contributed by atoms with E-state index in [2.05, 4.69) is 16.0 Å². The molecule has 13 heteroatoms. The Hall–Kier alpha value is -3.91. The number of hydrogen-bond donors (Lipinski definition) is 4. The maximum absolute atomic E-state index is 14.1. The SMILES string of the molecule is COC(=O)NC(C(=O)NC1CC(O)CC1CC[C@H]1CNCCN1S(=O)(=O)c1ccccc1)C(c1ccc(F)cc1)c1ccc(F)cc1. The second kappa shape index (κ2) is 15.3. The molecule has 0 spiro atoms. The van der Waals surface area contributed by atoms with Crippen molar-refractivity contribution in [1.82, 2.24) is 20.3 Å². The van der Waals surface area contributed by atoms with E-state index in [1.807, 2.05) is 0 Å². The molecule has 5 rings (SSSR count). The van der Waals surface area contributed by atoms with Crippen molar-refractivity contribution in [3.8, 4) is 0 Å². The highest BCUT2D eigenvalue weighted by Gasteiger charge is 2.40. The Bertz CT molecular complexity index is 1570. The van der Waals surface area contributed by atoms with Crippen LogP contribution in [0, 0.1) is 17.6 Å². The molecule has 3 aromatic rings. The average molecular weight is 671 g/mol. The summed E-state index contributed by atoms with van der Waals surface area (Å²) in [6.45, 7) is 1.33. The lowest BCUT2D eigenvalue weighted by Crippen LogP contribution is -2.54. The second-order valence-corrected chi connectivity index (χ2v) is 13.9. The van der Waals surface area contributed by atoms with Crippen LogP contribution < -0.4 is 16.0 Å². The minimum Gasteiger partial charge on any atom is -0.453 e. The van der Waals surface area contributed by atoms with Gasteiger partial charge in [0.05, 0.1) is 18.1 Å². The van der Waals surface area contributed by atoms with Gasteiger partial charge in [-0.1, -0.05) is 42.5 Å². The average Bonchev–Trinajstić information content (AvgIpc) is 3.43. The van der Waals surface area contributed by atoms with Gasteiger partial charge in [0.2, 0.25) is 15.9 Å². The first-order valence-corrected chi connectivity index (χ1v) is 17.1. The smallest absolute Gasteiger partial charge is 0.407 e. The van der Waals surface area contributed by atoms with E-state index < -0.39 is 57.8 Å². The molecule has 0 radical (unpaired) electrons. The Morgan fingerprint density at radius 2 is 1.57 bits per heavy atom. The third kappa shape index (κ3) is 8.33. The number of sulfonamides is 1. The number of carbonyl (C=O) groups is 2. The first-order valence-electron chi connectivity index (χ1n) is 15.7. The van der Waals surface area contributed by atoms with Crippen molar-refractivity contribution in [3.63, 3.8) is 0 Å². The lowest BCUT2D eigenvalue weighted by molar-refractivity contribution is -0.124. The summed E-state index contributed by atoms with van der Waals surface area (Å²) in [5, 5.41) is 19.6. The monoisotopic (exact) mass is 670 g/mol. The summed E-state index contributed by atoms with van der Waals surface area (Å²) >= 11 is 0. The fourth-order valence-corrected chi connectivity index (χ4v) is 8.38. The fraction of sp³-hybridized carbons (Fsp3) is 0.412. The van der Waals surface area contributed by atoms with Crippen LogP contribution in [0.25, 0.3) is 0 Å². The molecular weight excluding hydrogens is 630 g/mol. The second-order valence-electron chi connectivity index (χ2n) is 12.1. The summed E-state index contributed by atoms with van der Waals surface area (Å²) < 4.78 is 61.1. The van der Waals surface area contributed by atoms with Crippen LogP contribution in [0.2, 0.25) is 0 Å². The number of benzene rings is 3. The summed E-state index contributed by atoms with van der Waals surface area (Å²) in [5.41, 5.74) is 1.00.